The zero-order valence-electron chi connectivity index (χ0n) is 51.0. The molecule has 9 nitrogen and oxygen atoms in total. The predicted molar refractivity (Wildman–Crippen MR) is 340 cm³/mol. The summed E-state index contributed by atoms with van der Waals surface area (Å²) >= 11 is 0. The fourth-order valence-electron chi connectivity index (χ4n) is 9.64. The van der Waals surface area contributed by atoms with Crippen LogP contribution >= 0.6 is 0 Å². The van der Waals surface area contributed by atoms with E-state index in [0.29, 0.717) is 6.42 Å². The molecule has 0 aliphatic carbocycles. The molecule has 80 heavy (non-hydrogen) atoms. The minimum absolute atomic E-state index is 0.206. The molecule has 1 aliphatic heterocycles. The van der Waals surface area contributed by atoms with Crippen LogP contribution in [-0.4, -0.2) is 87.5 Å². The molecule has 0 bridgehead atoms. The predicted octanol–water partition coefficient (Wildman–Crippen LogP) is 17.5. The first-order valence-corrected chi connectivity index (χ1v) is 32.8. The molecule has 7 atom stereocenters. The minimum atomic E-state index is -1.59. The summed E-state index contributed by atoms with van der Waals surface area (Å²) in [5.74, 6) is -0.206. The SMILES string of the molecule is CC/C=C\C/C=C\C/C=C\C/C=C\C/C=C\C/C=C\C/C=C\CCCCCCCCCC(=O)NC(COC1OC(CO)C(O)C(O)C1O)C(O)/C=C/CC/C=C/CC/C=C/CCCCCCCCCCCCCCCCCCCC. The van der Waals surface area contributed by atoms with E-state index in [1.807, 2.05) is 6.08 Å². The Morgan fingerprint density at radius 1 is 0.438 bits per heavy atom. The van der Waals surface area contributed by atoms with E-state index in [4.69, 9.17) is 9.47 Å². The smallest absolute Gasteiger partial charge is 0.220 e. The van der Waals surface area contributed by atoms with Crippen molar-refractivity contribution in [3.05, 3.63) is 122 Å². The van der Waals surface area contributed by atoms with E-state index < -0.39 is 49.5 Å². The Morgan fingerprint density at radius 3 is 1.20 bits per heavy atom. The summed E-state index contributed by atoms with van der Waals surface area (Å²) in [5.41, 5.74) is 0. The monoisotopic (exact) mass is 1120 g/mol. The third kappa shape index (κ3) is 47.1. The van der Waals surface area contributed by atoms with E-state index in [-0.39, 0.29) is 12.5 Å². The van der Waals surface area contributed by atoms with Gasteiger partial charge < -0.3 is 40.3 Å². The molecule has 0 saturated carbocycles. The van der Waals surface area contributed by atoms with Gasteiger partial charge in [-0.2, -0.15) is 0 Å². The van der Waals surface area contributed by atoms with Gasteiger partial charge in [0.05, 0.1) is 25.4 Å². The van der Waals surface area contributed by atoms with Crippen LogP contribution in [0.2, 0.25) is 0 Å². The molecule has 1 heterocycles. The van der Waals surface area contributed by atoms with Gasteiger partial charge >= 0.3 is 0 Å². The highest BCUT2D eigenvalue weighted by Crippen LogP contribution is 2.23. The van der Waals surface area contributed by atoms with E-state index in [1.54, 1.807) is 6.08 Å². The van der Waals surface area contributed by atoms with E-state index in [1.165, 1.54) is 135 Å². The van der Waals surface area contributed by atoms with Gasteiger partial charge in [0, 0.05) is 6.42 Å². The van der Waals surface area contributed by atoms with Crippen molar-refractivity contribution in [2.45, 2.75) is 307 Å². The molecule has 0 spiro atoms. The largest absolute Gasteiger partial charge is 0.394 e. The standard InChI is InChI=1S/C71H121NO8/c1-3-5-7-9-11-13-15-17-19-21-23-25-27-29-31-33-35-37-39-41-43-45-47-49-51-53-55-57-59-61-67(75)72-64(63-79-71-70(78)69(77)68(76)66(62-73)80-71)65(74)60-58-56-54-52-50-48-46-44-42-40-38-36-34-32-30-28-26-24-22-20-18-16-14-12-10-8-6-4-2/h5,7,11,13,17,19,23,25,29,31,35,37,41-44,50,52,58,60,64-66,68-71,73-74,76-78H,3-4,6,8-10,12,14-16,18,20-22,24,26-28,30,32-34,36,38-40,45-49,51,53-57,59,61-63H2,1-2H3,(H,72,75)/b7-5-,13-11-,19-17-,25-23-,31-29-,37-35-,43-41-,44-42+,52-50+,60-58+. The van der Waals surface area contributed by atoms with Crippen LogP contribution in [-0.2, 0) is 14.3 Å². The van der Waals surface area contributed by atoms with Crippen LogP contribution in [0.3, 0.4) is 0 Å². The lowest BCUT2D eigenvalue weighted by Crippen LogP contribution is -2.60. The van der Waals surface area contributed by atoms with Gasteiger partial charge in [-0.05, 0) is 103 Å². The molecule has 1 aliphatic rings. The van der Waals surface area contributed by atoms with Crippen molar-refractivity contribution in [3.8, 4) is 0 Å². The summed E-state index contributed by atoms with van der Waals surface area (Å²) in [6.45, 7) is 3.65. The van der Waals surface area contributed by atoms with Crippen molar-refractivity contribution in [2.24, 2.45) is 0 Å². The van der Waals surface area contributed by atoms with Crippen molar-refractivity contribution in [3.63, 3.8) is 0 Å². The summed E-state index contributed by atoms with van der Waals surface area (Å²) in [5, 5.41) is 54.6. The van der Waals surface area contributed by atoms with Crippen molar-refractivity contribution in [1.29, 1.82) is 0 Å². The molecule has 0 aromatic carbocycles. The second-order valence-electron chi connectivity index (χ2n) is 22.2. The van der Waals surface area contributed by atoms with Gasteiger partial charge in [0.15, 0.2) is 6.29 Å². The number of unbranched alkanes of at least 4 members (excludes halogenated alkanes) is 27. The second kappa shape index (κ2) is 58.8. The van der Waals surface area contributed by atoms with Crippen LogP contribution in [0.1, 0.15) is 264 Å². The highest BCUT2D eigenvalue weighted by atomic mass is 16.7. The summed E-state index contributed by atoms with van der Waals surface area (Å²) in [6.07, 6.45) is 81.4. The fourth-order valence-corrected chi connectivity index (χ4v) is 9.64. The fraction of sp³-hybridized carbons (Fsp3) is 0.704. The Labute approximate surface area is 490 Å². The lowest BCUT2D eigenvalue weighted by atomic mass is 9.99. The zero-order valence-corrected chi connectivity index (χ0v) is 51.0. The van der Waals surface area contributed by atoms with E-state index >= 15 is 0 Å². The van der Waals surface area contributed by atoms with Crippen LogP contribution in [0, 0.1) is 0 Å². The molecule has 1 rings (SSSR count). The molecule has 0 radical (unpaired) electrons. The number of hydrogen-bond donors (Lipinski definition) is 6. The Bertz CT molecular complexity index is 1670. The number of aliphatic hydroxyl groups is 5. The second-order valence-corrected chi connectivity index (χ2v) is 22.2. The maximum absolute atomic E-state index is 13.1. The average Bonchev–Trinajstić information content (AvgIpc) is 3.46. The number of rotatable bonds is 55. The lowest BCUT2D eigenvalue weighted by molar-refractivity contribution is -0.302. The van der Waals surface area contributed by atoms with Crippen molar-refractivity contribution in [2.75, 3.05) is 13.2 Å². The minimum Gasteiger partial charge on any atom is -0.394 e. The molecule has 0 aromatic rings. The summed E-state index contributed by atoms with van der Waals surface area (Å²) in [4.78, 5) is 13.1. The quantitative estimate of drug-likeness (QED) is 0.0261. The molecular formula is C71H121NO8. The summed E-state index contributed by atoms with van der Waals surface area (Å²) < 4.78 is 11.3. The maximum Gasteiger partial charge on any atom is 0.220 e. The van der Waals surface area contributed by atoms with Gasteiger partial charge in [0.2, 0.25) is 5.91 Å². The molecule has 9 heteroatoms. The lowest BCUT2D eigenvalue weighted by Gasteiger charge is -2.40. The van der Waals surface area contributed by atoms with E-state index in [2.05, 4.69) is 129 Å². The van der Waals surface area contributed by atoms with Crippen molar-refractivity contribution < 1.29 is 39.8 Å². The molecule has 1 fully saturated rings. The molecule has 7 unspecified atom stereocenters. The van der Waals surface area contributed by atoms with Gasteiger partial charge in [-0.1, -0.05) is 277 Å². The number of aliphatic hydroxyl groups excluding tert-OH is 5. The van der Waals surface area contributed by atoms with Crippen LogP contribution in [0.5, 0.6) is 0 Å². The molecule has 6 N–H and O–H groups in total. The number of allylic oxidation sites excluding steroid dienone is 19. The van der Waals surface area contributed by atoms with Crippen LogP contribution < -0.4 is 5.32 Å². The number of ether oxygens (including phenoxy) is 2. The summed E-state index contributed by atoms with van der Waals surface area (Å²) in [7, 11) is 0. The topological polar surface area (TPSA) is 149 Å². The average molecular weight is 1120 g/mol. The highest BCUT2D eigenvalue weighted by molar-refractivity contribution is 5.76. The van der Waals surface area contributed by atoms with Gasteiger partial charge in [-0.15, -0.1) is 0 Å². The van der Waals surface area contributed by atoms with E-state index in [0.717, 1.165) is 109 Å². The normalized spacial score (nSPS) is 19.3. The first kappa shape index (κ1) is 74.6. The van der Waals surface area contributed by atoms with Crippen LogP contribution in [0.25, 0.3) is 0 Å². The molecule has 458 valence electrons. The van der Waals surface area contributed by atoms with Crippen LogP contribution in [0.15, 0.2) is 122 Å². The van der Waals surface area contributed by atoms with Gasteiger partial charge in [-0.3, -0.25) is 4.79 Å². The molecule has 1 amide bonds. The third-order valence-corrected chi connectivity index (χ3v) is 14.7. The molecule has 1 saturated heterocycles. The first-order valence-electron chi connectivity index (χ1n) is 32.8. The van der Waals surface area contributed by atoms with E-state index in [9.17, 15) is 30.3 Å². The van der Waals surface area contributed by atoms with Crippen LogP contribution in [0.4, 0.5) is 0 Å². The Morgan fingerprint density at radius 2 is 0.787 bits per heavy atom. The number of carbonyl (C=O) groups is 1. The zero-order chi connectivity index (χ0) is 57.9. The number of amides is 1. The first-order chi connectivity index (χ1) is 39.3. The Hall–Kier alpha value is -3.41. The van der Waals surface area contributed by atoms with Crippen molar-refractivity contribution in [1.82, 2.24) is 5.32 Å². The highest BCUT2D eigenvalue weighted by Gasteiger charge is 2.44. The Kier molecular flexibility index (Phi) is 54.8. The maximum atomic E-state index is 13.1. The number of carbonyl (C=O) groups excluding carboxylic acids is 1. The van der Waals surface area contributed by atoms with Gasteiger partial charge in [0.25, 0.3) is 0 Å². The Balaban J connectivity index is 2.24. The third-order valence-electron chi connectivity index (χ3n) is 14.7. The molecular weight excluding hydrogens is 995 g/mol. The summed E-state index contributed by atoms with van der Waals surface area (Å²) in [6, 6.07) is -0.845. The number of hydrogen-bond acceptors (Lipinski definition) is 8. The number of nitrogens with one attached hydrogen (secondary N) is 1. The van der Waals surface area contributed by atoms with Gasteiger partial charge in [0.1, 0.15) is 24.4 Å². The van der Waals surface area contributed by atoms with Crippen molar-refractivity contribution >= 4 is 5.91 Å². The molecule has 0 aromatic heterocycles. The van der Waals surface area contributed by atoms with Gasteiger partial charge in [-0.25, -0.2) is 0 Å².